The summed E-state index contributed by atoms with van der Waals surface area (Å²) in [5.41, 5.74) is 7.64. The molecule has 1 saturated heterocycles. The predicted molar refractivity (Wildman–Crippen MR) is 176 cm³/mol. The van der Waals surface area contributed by atoms with E-state index in [4.69, 9.17) is 16.6 Å². The van der Waals surface area contributed by atoms with Crippen LogP contribution in [0.5, 0.6) is 0 Å². The number of aliphatic hydroxyl groups is 1. The number of aryl methyl sites for hydroxylation is 3. The van der Waals surface area contributed by atoms with Crippen LogP contribution < -0.4 is 10.2 Å². The fraction of sp³-hybridized carbons (Fsp3) is 0.294. The first-order valence-corrected chi connectivity index (χ1v) is 16.0. The Morgan fingerprint density at radius 2 is 1.74 bits per heavy atom. The number of halogens is 1. The number of thiazole rings is 1. The molecule has 0 aliphatic carbocycles. The van der Waals surface area contributed by atoms with Gasteiger partial charge in [-0.1, -0.05) is 55.8 Å². The molecule has 1 fully saturated rings. The Morgan fingerprint density at radius 3 is 2.37 bits per heavy atom. The average Bonchev–Trinajstić information content (AvgIpc) is 3.70. The van der Waals surface area contributed by atoms with Gasteiger partial charge in [0, 0.05) is 61.0 Å². The zero-order valence-corrected chi connectivity index (χ0v) is 26.3. The Bertz CT molecular complexity index is 1680. The van der Waals surface area contributed by atoms with Crippen molar-refractivity contribution < 1.29 is 9.90 Å². The van der Waals surface area contributed by atoms with Gasteiger partial charge in [-0.15, -0.1) is 11.3 Å². The van der Waals surface area contributed by atoms with E-state index in [-0.39, 0.29) is 5.91 Å². The lowest BCUT2D eigenvalue weighted by Gasteiger charge is -2.40. The maximum Gasteiger partial charge on any atom is 0.256 e. The summed E-state index contributed by atoms with van der Waals surface area (Å²) in [7, 11) is 1.98. The Balaban J connectivity index is 1.60. The quantitative estimate of drug-likeness (QED) is 0.268. The number of carbonyl (C=O) groups is 1. The number of benzene rings is 2. The topological polar surface area (TPSA) is 73.6 Å². The SMILES string of the molecule is CCc1cccc(CC)c1N1C(c2cccn2C)=C(C(=O)N2CCNCC2)C=C(c2nc(-c3ccc(Cl)cc3)cs2)C1O. The number of anilines is 1. The molecule has 0 bridgehead atoms. The van der Waals surface area contributed by atoms with Crippen LogP contribution in [-0.4, -0.2) is 57.9 Å². The van der Waals surface area contributed by atoms with E-state index >= 15 is 0 Å². The van der Waals surface area contributed by atoms with E-state index in [1.807, 2.05) is 75.5 Å². The average molecular weight is 614 g/mol. The highest BCUT2D eigenvalue weighted by atomic mass is 35.5. The van der Waals surface area contributed by atoms with Crippen molar-refractivity contribution >= 4 is 45.8 Å². The number of hydrogen-bond acceptors (Lipinski definition) is 6. The van der Waals surface area contributed by atoms with Crippen LogP contribution in [0.3, 0.4) is 0 Å². The first kappa shape index (κ1) is 29.4. The number of amides is 1. The molecule has 43 heavy (non-hydrogen) atoms. The highest BCUT2D eigenvalue weighted by molar-refractivity contribution is 7.11. The summed E-state index contributed by atoms with van der Waals surface area (Å²) in [4.78, 5) is 23.3. The smallest absolute Gasteiger partial charge is 0.256 e. The predicted octanol–water partition coefficient (Wildman–Crippen LogP) is 5.99. The van der Waals surface area contributed by atoms with Crippen LogP contribution in [0.25, 0.3) is 22.5 Å². The highest BCUT2D eigenvalue weighted by Gasteiger charge is 2.38. The highest BCUT2D eigenvalue weighted by Crippen LogP contribution is 2.44. The van der Waals surface area contributed by atoms with Gasteiger partial charge in [0.1, 0.15) is 5.01 Å². The number of carbonyl (C=O) groups excluding carboxylic acids is 1. The summed E-state index contributed by atoms with van der Waals surface area (Å²) in [6.45, 7) is 7.00. The second-order valence-electron chi connectivity index (χ2n) is 10.8. The molecule has 7 nitrogen and oxygen atoms in total. The minimum atomic E-state index is -1.06. The van der Waals surface area contributed by atoms with Gasteiger partial charge in [0.15, 0.2) is 6.23 Å². The van der Waals surface area contributed by atoms with E-state index in [9.17, 15) is 9.90 Å². The van der Waals surface area contributed by atoms with Crippen LogP contribution in [0.2, 0.25) is 5.02 Å². The van der Waals surface area contributed by atoms with Gasteiger partial charge in [-0.25, -0.2) is 4.98 Å². The van der Waals surface area contributed by atoms with Gasteiger partial charge in [-0.05, 0) is 54.3 Å². The molecule has 1 amide bonds. The molecule has 1 atom stereocenters. The van der Waals surface area contributed by atoms with E-state index in [0.717, 1.165) is 59.7 Å². The maximum absolute atomic E-state index is 14.4. The minimum absolute atomic E-state index is 0.0476. The number of nitrogens with zero attached hydrogens (tertiary/aromatic N) is 4. The van der Waals surface area contributed by atoms with E-state index in [1.165, 1.54) is 11.3 Å². The summed E-state index contributed by atoms with van der Waals surface area (Å²) in [6.07, 6.45) is 4.35. The van der Waals surface area contributed by atoms with E-state index in [0.29, 0.717) is 40.0 Å². The lowest BCUT2D eigenvalue weighted by atomic mass is 9.94. The molecule has 2 aliphatic heterocycles. The first-order chi connectivity index (χ1) is 20.9. The van der Waals surface area contributed by atoms with Gasteiger partial charge in [-0.3, -0.25) is 4.79 Å². The fourth-order valence-corrected chi connectivity index (χ4v) is 6.94. The lowest BCUT2D eigenvalue weighted by molar-refractivity contribution is -0.127. The van der Waals surface area contributed by atoms with Crippen molar-refractivity contribution in [1.29, 1.82) is 0 Å². The molecule has 9 heteroatoms. The number of para-hydroxylation sites is 1. The lowest BCUT2D eigenvalue weighted by Crippen LogP contribution is -2.48. The second-order valence-corrected chi connectivity index (χ2v) is 12.1. The Labute approximate surface area is 261 Å². The van der Waals surface area contributed by atoms with Crippen molar-refractivity contribution in [3.63, 3.8) is 0 Å². The molecule has 0 spiro atoms. The van der Waals surface area contributed by atoms with Gasteiger partial charge in [-0.2, -0.15) is 0 Å². The number of aromatic nitrogens is 2. The van der Waals surface area contributed by atoms with E-state index < -0.39 is 6.23 Å². The largest absolute Gasteiger partial charge is 0.369 e. The molecule has 1 unspecified atom stereocenters. The molecule has 2 aromatic carbocycles. The number of piperazine rings is 1. The molecule has 6 rings (SSSR count). The van der Waals surface area contributed by atoms with Crippen LogP contribution in [0, 0.1) is 0 Å². The number of aliphatic hydroxyl groups excluding tert-OH is 1. The van der Waals surface area contributed by atoms with Crippen LogP contribution in [0.15, 0.2) is 77.8 Å². The van der Waals surface area contributed by atoms with Crippen molar-refractivity contribution in [2.75, 3.05) is 31.1 Å². The molecule has 0 radical (unpaired) electrons. The number of hydrogen-bond donors (Lipinski definition) is 2. The summed E-state index contributed by atoms with van der Waals surface area (Å²) in [6, 6.07) is 17.9. The summed E-state index contributed by atoms with van der Waals surface area (Å²) >= 11 is 7.60. The van der Waals surface area contributed by atoms with Gasteiger partial charge < -0.3 is 24.8 Å². The molecule has 0 saturated carbocycles. The summed E-state index contributed by atoms with van der Waals surface area (Å²) < 4.78 is 2.02. The van der Waals surface area contributed by atoms with Crippen molar-refractivity contribution in [2.24, 2.45) is 7.05 Å². The van der Waals surface area contributed by atoms with Crippen LogP contribution in [0.1, 0.15) is 35.7 Å². The van der Waals surface area contributed by atoms with Crippen molar-refractivity contribution in [3.05, 3.63) is 105 Å². The van der Waals surface area contributed by atoms with E-state index in [1.54, 1.807) is 0 Å². The van der Waals surface area contributed by atoms with E-state index in [2.05, 4.69) is 37.4 Å². The fourth-order valence-electron chi connectivity index (χ4n) is 5.95. The molecule has 2 aromatic heterocycles. The zero-order valence-electron chi connectivity index (χ0n) is 24.7. The monoisotopic (exact) mass is 613 g/mol. The molecular formula is C34H36ClN5O2S. The molecular weight excluding hydrogens is 578 g/mol. The van der Waals surface area contributed by atoms with Gasteiger partial charge in [0.2, 0.25) is 0 Å². The molecule has 4 aromatic rings. The van der Waals surface area contributed by atoms with Gasteiger partial charge >= 0.3 is 0 Å². The zero-order chi connectivity index (χ0) is 30.1. The van der Waals surface area contributed by atoms with Crippen LogP contribution in [0.4, 0.5) is 5.69 Å². The Morgan fingerprint density at radius 1 is 1.05 bits per heavy atom. The second kappa shape index (κ2) is 12.5. The minimum Gasteiger partial charge on any atom is -0.369 e. The van der Waals surface area contributed by atoms with Crippen molar-refractivity contribution in [1.82, 2.24) is 19.8 Å². The normalized spacial score (nSPS) is 17.4. The van der Waals surface area contributed by atoms with Crippen LogP contribution in [-0.2, 0) is 24.7 Å². The first-order valence-electron chi connectivity index (χ1n) is 14.8. The van der Waals surface area contributed by atoms with Crippen LogP contribution >= 0.6 is 22.9 Å². The summed E-state index contributed by atoms with van der Waals surface area (Å²) in [5, 5.41) is 19.1. The third-order valence-electron chi connectivity index (χ3n) is 8.24. The number of nitrogens with one attached hydrogen (secondary N) is 1. The molecule has 222 valence electrons. The third-order valence-corrected chi connectivity index (χ3v) is 9.38. The molecule has 4 heterocycles. The summed E-state index contributed by atoms with van der Waals surface area (Å²) in [5.74, 6) is -0.0476. The van der Waals surface area contributed by atoms with Crippen molar-refractivity contribution in [2.45, 2.75) is 32.9 Å². The molecule has 2 N–H and O–H groups in total. The van der Waals surface area contributed by atoms with Gasteiger partial charge in [0.05, 0.1) is 28.3 Å². The Kier molecular flexibility index (Phi) is 8.54. The standard InChI is InChI=1S/C34H36ClN5O2S/c1-4-22-8-6-9-23(5-2)30(22)40-31(29-10-7-17-38(29)3)26(33(41)39-18-15-36-16-19-39)20-27(34(40)42)32-37-28(21-43-32)24-11-13-25(35)14-12-24/h6-14,17,20-21,34,36,42H,4-5,15-16,18-19H2,1-3H3. The Hall–Kier alpha value is -3.69. The molecule has 2 aliphatic rings. The number of rotatable bonds is 7. The van der Waals surface area contributed by atoms with Gasteiger partial charge in [0.25, 0.3) is 5.91 Å². The van der Waals surface area contributed by atoms with Crippen molar-refractivity contribution in [3.8, 4) is 11.3 Å². The maximum atomic E-state index is 14.4. The third kappa shape index (κ3) is 5.56.